The summed E-state index contributed by atoms with van der Waals surface area (Å²) < 4.78 is 27.3. The van der Waals surface area contributed by atoms with E-state index in [-0.39, 0.29) is 11.5 Å². The number of fused-ring (bicyclic) bond motifs is 1. The van der Waals surface area contributed by atoms with Crippen LogP contribution in [-0.2, 0) is 4.79 Å². The standard InChI is InChI=1S/C28H24O7/c1-17-5-12-22-21(15-17)26(30)28(27(34-22)19-8-10-20(31-2)11-9-19)35-25(29)14-7-18-6-13-23(32-3)24(16-18)33-4/h5-16H,1-4H3/b14-7+. The first-order valence-corrected chi connectivity index (χ1v) is 10.8. The highest BCUT2D eigenvalue weighted by molar-refractivity contribution is 5.91. The molecule has 0 N–H and O–H groups in total. The predicted octanol–water partition coefficient (Wildman–Crippen LogP) is 5.41. The van der Waals surface area contributed by atoms with Gasteiger partial charge in [-0.25, -0.2) is 4.79 Å². The quantitative estimate of drug-likeness (QED) is 0.263. The van der Waals surface area contributed by atoms with Crippen molar-refractivity contribution in [1.29, 1.82) is 0 Å². The van der Waals surface area contributed by atoms with Crippen LogP contribution in [0.5, 0.6) is 23.0 Å². The van der Waals surface area contributed by atoms with Gasteiger partial charge in [0.2, 0.25) is 11.2 Å². The molecule has 0 saturated carbocycles. The van der Waals surface area contributed by atoms with Crippen LogP contribution in [0.25, 0.3) is 28.4 Å². The van der Waals surface area contributed by atoms with Crippen LogP contribution in [0.4, 0.5) is 0 Å². The Morgan fingerprint density at radius 1 is 0.857 bits per heavy atom. The average molecular weight is 472 g/mol. The van der Waals surface area contributed by atoms with Gasteiger partial charge in [0.05, 0.1) is 26.7 Å². The summed E-state index contributed by atoms with van der Waals surface area (Å²) in [7, 11) is 4.63. The number of carbonyl (C=O) groups excluding carboxylic acids is 1. The van der Waals surface area contributed by atoms with Gasteiger partial charge in [-0.3, -0.25) is 4.79 Å². The molecule has 4 aromatic rings. The number of hydrogen-bond donors (Lipinski definition) is 0. The normalized spacial score (nSPS) is 11.0. The minimum absolute atomic E-state index is 0.155. The number of rotatable bonds is 7. The van der Waals surface area contributed by atoms with Crippen molar-refractivity contribution in [3.05, 3.63) is 88.1 Å². The van der Waals surface area contributed by atoms with Gasteiger partial charge >= 0.3 is 5.97 Å². The summed E-state index contributed by atoms with van der Waals surface area (Å²) in [4.78, 5) is 26.1. The molecule has 0 bridgehead atoms. The Labute approximate surface area is 202 Å². The molecule has 0 aliphatic rings. The number of carbonyl (C=O) groups is 1. The summed E-state index contributed by atoms with van der Waals surface area (Å²) in [6.45, 7) is 1.87. The third-order valence-corrected chi connectivity index (χ3v) is 5.38. The molecular weight excluding hydrogens is 448 g/mol. The monoisotopic (exact) mass is 472 g/mol. The molecule has 0 fully saturated rings. The fourth-order valence-corrected chi connectivity index (χ4v) is 3.57. The van der Waals surface area contributed by atoms with Crippen LogP contribution in [-0.4, -0.2) is 27.3 Å². The molecule has 0 aliphatic heterocycles. The first-order valence-electron chi connectivity index (χ1n) is 10.8. The van der Waals surface area contributed by atoms with E-state index in [1.807, 2.05) is 13.0 Å². The highest BCUT2D eigenvalue weighted by atomic mass is 16.5. The number of ether oxygens (including phenoxy) is 4. The van der Waals surface area contributed by atoms with E-state index in [1.165, 1.54) is 13.2 Å². The summed E-state index contributed by atoms with van der Waals surface area (Å²) in [5.41, 5.74) is 2.10. The Morgan fingerprint density at radius 2 is 1.60 bits per heavy atom. The van der Waals surface area contributed by atoms with Crippen LogP contribution in [0.15, 0.2) is 76.0 Å². The van der Waals surface area contributed by atoms with Crippen molar-refractivity contribution in [3.8, 4) is 34.3 Å². The summed E-state index contributed by atoms with van der Waals surface area (Å²) >= 11 is 0. The molecule has 3 aromatic carbocycles. The molecule has 4 rings (SSSR count). The van der Waals surface area contributed by atoms with Crippen molar-refractivity contribution < 1.29 is 28.2 Å². The lowest BCUT2D eigenvalue weighted by Gasteiger charge is -2.11. The third-order valence-electron chi connectivity index (χ3n) is 5.38. The molecule has 0 amide bonds. The smallest absolute Gasteiger partial charge is 0.336 e. The number of hydrogen-bond acceptors (Lipinski definition) is 7. The fourth-order valence-electron chi connectivity index (χ4n) is 3.57. The lowest BCUT2D eigenvalue weighted by molar-refractivity contribution is -0.129. The van der Waals surface area contributed by atoms with E-state index in [0.29, 0.717) is 39.3 Å². The van der Waals surface area contributed by atoms with E-state index in [4.69, 9.17) is 23.4 Å². The number of methoxy groups -OCH3 is 3. The molecule has 1 aromatic heterocycles. The van der Waals surface area contributed by atoms with Crippen LogP contribution in [0.3, 0.4) is 0 Å². The van der Waals surface area contributed by atoms with Crippen LogP contribution < -0.4 is 24.4 Å². The van der Waals surface area contributed by atoms with Crippen molar-refractivity contribution in [2.24, 2.45) is 0 Å². The Bertz CT molecular complexity index is 1460. The van der Waals surface area contributed by atoms with E-state index in [2.05, 4.69) is 0 Å². The SMILES string of the molecule is COc1ccc(-c2oc3ccc(C)cc3c(=O)c2OC(=O)/C=C/c2ccc(OC)c(OC)c2)cc1. The van der Waals surface area contributed by atoms with Gasteiger partial charge in [-0.1, -0.05) is 17.7 Å². The fraction of sp³-hybridized carbons (Fsp3) is 0.143. The van der Waals surface area contributed by atoms with Crippen molar-refractivity contribution in [3.63, 3.8) is 0 Å². The van der Waals surface area contributed by atoms with Gasteiger partial charge in [0.25, 0.3) is 0 Å². The van der Waals surface area contributed by atoms with Gasteiger partial charge in [0, 0.05) is 11.6 Å². The van der Waals surface area contributed by atoms with Gasteiger partial charge in [-0.2, -0.15) is 0 Å². The maximum Gasteiger partial charge on any atom is 0.336 e. The van der Waals surface area contributed by atoms with E-state index >= 15 is 0 Å². The number of aryl methyl sites for hydroxylation is 1. The van der Waals surface area contributed by atoms with Gasteiger partial charge in [0.15, 0.2) is 17.3 Å². The van der Waals surface area contributed by atoms with Crippen molar-refractivity contribution in [2.45, 2.75) is 6.92 Å². The van der Waals surface area contributed by atoms with Gasteiger partial charge in [0.1, 0.15) is 11.3 Å². The second-order valence-electron chi connectivity index (χ2n) is 7.69. The molecule has 0 unspecified atom stereocenters. The molecule has 0 atom stereocenters. The lowest BCUT2D eigenvalue weighted by atomic mass is 10.1. The van der Waals surface area contributed by atoms with Crippen molar-refractivity contribution in [1.82, 2.24) is 0 Å². The van der Waals surface area contributed by atoms with Gasteiger partial charge in [-0.15, -0.1) is 0 Å². The average Bonchev–Trinajstić information content (AvgIpc) is 2.89. The maximum absolute atomic E-state index is 13.3. The second kappa shape index (κ2) is 10.2. The number of benzene rings is 3. The van der Waals surface area contributed by atoms with Crippen LogP contribution in [0.1, 0.15) is 11.1 Å². The maximum atomic E-state index is 13.3. The van der Waals surface area contributed by atoms with Crippen molar-refractivity contribution in [2.75, 3.05) is 21.3 Å². The lowest BCUT2D eigenvalue weighted by Crippen LogP contribution is -2.14. The van der Waals surface area contributed by atoms with Crippen LogP contribution in [0, 0.1) is 6.92 Å². The Hall–Kier alpha value is -4.52. The summed E-state index contributed by atoms with van der Waals surface area (Å²) in [6, 6.07) is 17.4. The zero-order chi connectivity index (χ0) is 24.9. The first-order chi connectivity index (χ1) is 16.9. The molecule has 0 radical (unpaired) electrons. The molecule has 35 heavy (non-hydrogen) atoms. The summed E-state index contributed by atoms with van der Waals surface area (Å²) in [6.07, 6.45) is 2.79. The van der Waals surface area contributed by atoms with E-state index in [0.717, 1.165) is 5.56 Å². The summed E-state index contributed by atoms with van der Waals surface area (Å²) in [5, 5.41) is 0.328. The zero-order valence-corrected chi connectivity index (χ0v) is 19.8. The molecule has 1 heterocycles. The van der Waals surface area contributed by atoms with Gasteiger partial charge < -0.3 is 23.4 Å². The topological polar surface area (TPSA) is 84.2 Å². The molecule has 7 nitrogen and oxygen atoms in total. The third kappa shape index (κ3) is 5.04. The Balaban J connectivity index is 1.72. The molecule has 0 saturated heterocycles. The summed E-state index contributed by atoms with van der Waals surface area (Å²) in [5.74, 6) is 0.977. The van der Waals surface area contributed by atoms with Gasteiger partial charge in [-0.05, 0) is 67.1 Å². The molecule has 178 valence electrons. The van der Waals surface area contributed by atoms with E-state index < -0.39 is 11.4 Å². The van der Waals surface area contributed by atoms with Crippen molar-refractivity contribution >= 4 is 23.0 Å². The Kier molecular flexibility index (Phi) is 6.87. The molecular formula is C28H24O7. The highest BCUT2D eigenvalue weighted by Gasteiger charge is 2.20. The minimum atomic E-state index is -0.728. The first kappa shape index (κ1) is 23.6. The minimum Gasteiger partial charge on any atom is -0.497 e. The predicted molar refractivity (Wildman–Crippen MR) is 133 cm³/mol. The molecule has 0 spiro atoms. The Morgan fingerprint density at radius 3 is 2.29 bits per heavy atom. The van der Waals surface area contributed by atoms with E-state index in [9.17, 15) is 9.59 Å². The van der Waals surface area contributed by atoms with E-state index in [1.54, 1.807) is 74.9 Å². The van der Waals surface area contributed by atoms with Crippen LogP contribution >= 0.6 is 0 Å². The highest BCUT2D eigenvalue weighted by Crippen LogP contribution is 2.32. The molecule has 7 heteroatoms. The molecule has 0 aliphatic carbocycles. The largest absolute Gasteiger partial charge is 0.497 e. The number of esters is 1. The second-order valence-corrected chi connectivity index (χ2v) is 7.69. The van der Waals surface area contributed by atoms with Crippen LogP contribution in [0.2, 0.25) is 0 Å². The zero-order valence-electron chi connectivity index (χ0n) is 19.8.